The van der Waals surface area contributed by atoms with Crippen molar-refractivity contribution in [1.29, 1.82) is 0 Å². The van der Waals surface area contributed by atoms with Gasteiger partial charge in [0.1, 0.15) is 0 Å². The molecule has 0 unspecified atom stereocenters. The smallest absolute Gasteiger partial charge is 0.258 e. The van der Waals surface area contributed by atoms with Gasteiger partial charge in [0.05, 0.1) is 11.8 Å². The van der Waals surface area contributed by atoms with Gasteiger partial charge in [-0.1, -0.05) is 17.3 Å². The van der Waals surface area contributed by atoms with Crippen molar-refractivity contribution in [2.45, 2.75) is 6.42 Å². The lowest BCUT2D eigenvalue weighted by Crippen LogP contribution is -2.13. The number of rotatable bonds is 4. The average Bonchev–Trinajstić information content (AvgIpc) is 3.02. The summed E-state index contributed by atoms with van der Waals surface area (Å²) in [5.74, 6) is -0.602. The van der Waals surface area contributed by atoms with Crippen LogP contribution >= 0.6 is 0 Å². The van der Waals surface area contributed by atoms with E-state index in [1.54, 1.807) is 12.1 Å². The molecule has 2 N–H and O–H groups in total. The number of amides is 1. The van der Waals surface area contributed by atoms with Crippen LogP contribution < -0.4 is 5.32 Å². The molecule has 1 amide bonds. The summed E-state index contributed by atoms with van der Waals surface area (Å²) in [5, 5.41) is 16.2. The average molecular weight is 298 g/mol. The first kappa shape index (κ1) is 13.8. The third-order valence-corrected chi connectivity index (χ3v) is 2.98. The maximum Gasteiger partial charge on any atom is 0.258 e. The highest BCUT2D eigenvalue weighted by Gasteiger charge is 2.11. The number of hydrogen-bond acceptors (Lipinski definition) is 5. The topological polar surface area (TPSA) is 96.5 Å². The van der Waals surface area contributed by atoms with Gasteiger partial charge in [-0.3, -0.25) is 9.78 Å². The standard InChI is InChI=1S/C14H11FN6O/c15-12-8-16-6-5-11(12)14(22)17-10-3-1-9(2-4-10)7-13-18-20-21-19-13/h1-6,8H,7H2,(H,17,22)(H,18,19,20,21). The van der Waals surface area contributed by atoms with Crippen LogP contribution in [0.1, 0.15) is 21.7 Å². The molecule has 0 atom stereocenters. The number of pyridine rings is 1. The van der Waals surface area contributed by atoms with Gasteiger partial charge in [0.25, 0.3) is 5.91 Å². The van der Waals surface area contributed by atoms with Crippen molar-refractivity contribution in [1.82, 2.24) is 25.6 Å². The van der Waals surface area contributed by atoms with Crippen LogP contribution in [-0.2, 0) is 6.42 Å². The number of nitrogens with one attached hydrogen (secondary N) is 2. The van der Waals surface area contributed by atoms with E-state index in [1.165, 1.54) is 12.3 Å². The van der Waals surface area contributed by atoms with Gasteiger partial charge in [-0.2, -0.15) is 5.21 Å². The fourth-order valence-electron chi connectivity index (χ4n) is 1.90. The number of benzene rings is 1. The van der Waals surface area contributed by atoms with Crippen molar-refractivity contribution in [3.8, 4) is 0 Å². The van der Waals surface area contributed by atoms with Gasteiger partial charge in [-0.15, -0.1) is 10.2 Å². The van der Waals surface area contributed by atoms with E-state index in [2.05, 4.69) is 30.9 Å². The van der Waals surface area contributed by atoms with E-state index < -0.39 is 11.7 Å². The summed E-state index contributed by atoms with van der Waals surface area (Å²) in [7, 11) is 0. The Morgan fingerprint density at radius 2 is 2.05 bits per heavy atom. The Kier molecular flexibility index (Phi) is 3.82. The van der Waals surface area contributed by atoms with E-state index in [9.17, 15) is 9.18 Å². The quantitative estimate of drug-likeness (QED) is 0.762. The minimum atomic E-state index is -0.659. The molecule has 0 aliphatic carbocycles. The molecule has 2 aromatic heterocycles. The number of hydrogen-bond donors (Lipinski definition) is 2. The van der Waals surface area contributed by atoms with Crippen LogP contribution in [0.4, 0.5) is 10.1 Å². The number of aromatic amines is 1. The van der Waals surface area contributed by atoms with Crippen molar-refractivity contribution in [2.24, 2.45) is 0 Å². The molecule has 22 heavy (non-hydrogen) atoms. The molecular formula is C14H11FN6O. The minimum absolute atomic E-state index is 0.0501. The summed E-state index contributed by atoms with van der Waals surface area (Å²) in [5.41, 5.74) is 1.48. The van der Waals surface area contributed by atoms with E-state index in [1.807, 2.05) is 12.1 Å². The molecule has 3 aromatic rings. The molecular weight excluding hydrogens is 287 g/mol. The molecule has 0 spiro atoms. The number of carbonyl (C=O) groups is 1. The van der Waals surface area contributed by atoms with Gasteiger partial charge in [-0.25, -0.2) is 4.39 Å². The van der Waals surface area contributed by atoms with Crippen molar-refractivity contribution in [3.05, 3.63) is 65.5 Å². The predicted molar refractivity (Wildman–Crippen MR) is 75.6 cm³/mol. The fraction of sp³-hybridized carbons (Fsp3) is 0.0714. The Balaban J connectivity index is 1.68. The highest BCUT2D eigenvalue weighted by atomic mass is 19.1. The molecule has 8 heteroatoms. The van der Waals surface area contributed by atoms with Crippen molar-refractivity contribution < 1.29 is 9.18 Å². The van der Waals surface area contributed by atoms with Gasteiger partial charge in [0, 0.05) is 18.3 Å². The zero-order valence-corrected chi connectivity index (χ0v) is 11.3. The summed E-state index contributed by atoms with van der Waals surface area (Å²) in [6.45, 7) is 0. The van der Waals surface area contributed by atoms with Gasteiger partial charge in [-0.05, 0) is 23.8 Å². The van der Waals surface area contributed by atoms with E-state index in [-0.39, 0.29) is 5.56 Å². The molecule has 0 aliphatic rings. The molecule has 0 radical (unpaired) electrons. The maximum absolute atomic E-state index is 13.5. The highest BCUT2D eigenvalue weighted by molar-refractivity contribution is 6.04. The van der Waals surface area contributed by atoms with Crippen LogP contribution in [0.3, 0.4) is 0 Å². The second kappa shape index (κ2) is 6.08. The lowest BCUT2D eigenvalue weighted by atomic mass is 10.1. The molecule has 0 fully saturated rings. The van der Waals surface area contributed by atoms with E-state index in [0.717, 1.165) is 11.8 Å². The third kappa shape index (κ3) is 3.11. The molecule has 2 heterocycles. The zero-order valence-electron chi connectivity index (χ0n) is 11.3. The van der Waals surface area contributed by atoms with Gasteiger partial charge >= 0.3 is 0 Å². The number of tetrazole rings is 1. The number of anilines is 1. The van der Waals surface area contributed by atoms with Gasteiger partial charge in [0.15, 0.2) is 11.6 Å². The second-order valence-corrected chi connectivity index (χ2v) is 4.51. The van der Waals surface area contributed by atoms with Crippen molar-refractivity contribution in [3.63, 3.8) is 0 Å². The summed E-state index contributed by atoms with van der Waals surface area (Å²) in [6, 6.07) is 8.44. The lowest BCUT2D eigenvalue weighted by Gasteiger charge is -2.06. The largest absolute Gasteiger partial charge is 0.322 e. The summed E-state index contributed by atoms with van der Waals surface area (Å²) in [4.78, 5) is 15.6. The van der Waals surface area contributed by atoms with Gasteiger partial charge in [0.2, 0.25) is 0 Å². The van der Waals surface area contributed by atoms with Crippen LogP contribution in [0.2, 0.25) is 0 Å². The van der Waals surface area contributed by atoms with Crippen LogP contribution in [0.15, 0.2) is 42.7 Å². The summed E-state index contributed by atoms with van der Waals surface area (Å²) in [6.07, 6.45) is 2.90. The Labute approximate surface area is 124 Å². The molecule has 1 aromatic carbocycles. The van der Waals surface area contributed by atoms with Crippen molar-refractivity contribution in [2.75, 3.05) is 5.32 Å². The number of carbonyl (C=O) groups excluding carboxylic acids is 1. The first-order chi connectivity index (χ1) is 10.7. The zero-order chi connectivity index (χ0) is 15.4. The Morgan fingerprint density at radius 3 is 2.73 bits per heavy atom. The Bertz CT molecular complexity index is 772. The highest BCUT2D eigenvalue weighted by Crippen LogP contribution is 2.14. The molecule has 7 nitrogen and oxygen atoms in total. The molecule has 0 bridgehead atoms. The van der Waals surface area contributed by atoms with E-state index >= 15 is 0 Å². The first-order valence-electron chi connectivity index (χ1n) is 6.44. The summed E-state index contributed by atoms with van der Waals surface area (Å²) < 4.78 is 13.5. The molecule has 3 rings (SSSR count). The van der Waals surface area contributed by atoms with Gasteiger partial charge < -0.3 is 5.32 Å². The van der Waals surface area contributed by atoms with E-state index in [4.69, 9.17) is 0 Å². The van der Waals surface area contributed by atoms with Crippen LogP contribution in [-0.4, -0.2) is 31.5 Å². The fourth-order valence-corrected chi connectivity index (χ4v) is 1.90. The number of halogens is 1. The van der Waals surface area contributed by atoms with Crippen LogP contribution in [0.25, 0.3) is 0 Å². The molecule has 0 saturated carbocycles. The number of H-pyrrole nitrogens is 1. The molecule has 110 valence electrons. The monoisotopic (exact) mass is 298 g/mol. The summed E-state index contributed by atoms with van der Waals surface area (Å²) >= 11 is 0. The number of nitrogens with zero attached hydrogens (tertiary/aromatic N) is 4. The number of aromatic nitrogens is 5. The normalized spacial score (nSPS) is 10.4. The van der Waals surface area contributed by atoms with E-state index in [0.29, 0.717) is 17.9 Å². The second-order valence-electron chi connectivity index (χ2n) is 4.51. The SMILES string of the molecule is O=C(Nc1ccc(Cc2nn[nH]n2)cc1)c1ccncc1F. The van der Waals surface area contributed by atoms with Crippen LogP contribution in [0, 0.1) is 5.82 Å². The van der Waals surface area contributed by atoms with Crippen molar-refractivity contribution >= 4 is 11.6 Å². The van der Waals surface area contributed by atoms with Crippen LogP contribution in [0.5, 0.6) is 0 Å². The molecule has 0 saturated heterocycles. The Hall–Kier alpha value is -3.16. The lowest BCUT2D eigenvalue weighted by molar-refractivity contribution is 0.102. The first-order valence-corrected chi connectivity index (χ1v) is 6.44. The minimum Gasteiger partial charge on any atom is -0.322 e. The maximum atomic E-state index is 13.5. The predicted octanol–water partition coefficient (Wildman–Crippen LogP) is 1.58. The third-order valence-electron chi connectivity index (χ3n) is 2.98. The molecule has 0 aliphatic heterocycles. The Morgan fingerprint density at radius 1 is 1.23 bits per heavy atom.